The molecule has 1 aliphatic heterocycles. The number of aliphatic hydroxyl groups excluding tert-OH is 1. The fourth-order valence-corrected chi connectivity index (χ4v) is 4.66. The Morgan fingerprint density at radius 1 is 1.28 bits per heavy atom. The Hall–Kier alpha value is -2.60. The number of hydrogen-bond acceptors (Lipinski definition) is 3. The van der Waals surface area contributed by atoms with Gasteiger partial charge in [-0.25, -0.2) is 4.98 Å². The Bertz CT molecular complexity index is 1040. The zero-order valence-corrected chi connectivity index (χ0v) is 17.7. The van der Waals surface area contributed by atoms with Gasteiger partial charge in [0, 0.05) is 49.1 Å². The molecule has 3 heterocycles. The number of hydrogen-bond donors (Lipinski definition) is 2. The van der Waals surface area contributed by atoms with Crippen LogP contribution in [-0.4, -0.2) is 43.5 Å². The Morgan fingerprint density at radius 3 is 2.66 bits per heavy atom. The van der Waals surface area contributed by atoms with Crippen LogP contribution in [0.4, 0.5) is 0 Å². The SMILES string of the molecule is Cc1cc(C)c2[nH]c(C)c(CC(=O)N3CCC(C(O)c4nccn4C)CC3)c2c1. The molecule has 1 unspecified atom stereocenters. The predicted molar refractivity (Wildman–Crippen MR) is 114 cm³/mol. The molecule has 1 fully saturated rings. The maximum Gasteiger partial charge on any atom is 0.227 e. The first kappa shape index (κ1) is 19.7. The normalized spacial score (nSPS) is 16.5. The Morgan fingerprint density at radius 2 is 2.00 bits per heavy atom. The minimum absolute atomic E-state index is 0.139. The summed E-state index contributed by atoms with van der Waals surface area (Å²) in [5.74, 6) is 1.01. The largest absolute Gasteiger partial charge is 0.385 e. The van der Waals surface area contributed by atoms with Crippen molar-refractivity contribution in [3.05, 3.63) is 52.7 Å². The summed E-state index contributed by atoms with van der Waals surface area (Å²) < 4.78 is 1.87. The molecule has 4 rings (SSSR count). The maximum absolute atomic E-state index is 13.0. The van der Waals surface area contributed by atoms with Gasteiger partial charge in [0.2, 0.25) is 5.91 Å². The molecule has 1 atom stereocenters. The molecule has 0 saturated carbocycles. The number of imidazole rings is 1. The van der Waals surface area contributed by atoms with Crippen molar-refractivity contribution in [1.82, 2.24) is 19.4 Å². The molecule has 6 heteroatoms. The number of nitrogens with zero attached hydrogens (tertiary/aromatic N) is 3. The molecule has 0 radical (unpaired) electrons. The van der Waals surface area contributed by atoms with Gasteiger partial charge >= 0.3 is 0 Å². The molecule has 0 aliphatic carbocycles. The van der Waals surface area contributed by atoms with E-state index in [9.17, 15) is 9.90 Å². The summed E-state index contributed by atoms with van der Waals surface area (Å²) in [7, 11) is 1.90. The molecular formula is C23H30N4O2. The van der Waals surface area contributed by atoms with Crippen molar-refractivity contribution in [3.63, 3.8) is 0 Å². The van der Waals surface area contributed by atoms with Crippen LogP contribution in [0.1, 0.15) is 47.2 Å². The number of carbonyl (C=O) groups excluding carboxylic acids is 1. The zero-order valence-electron chi connectivity index (χ0n) is 17.7. The highest BCUT2D eigenvalue weighted by molar-refractivity contribution is 5.92. The highest BCUT2D eigenvalue weighted by Crippen LogP contribution is 2.31. The zero-order chi connectivity index (χ0) is 20.7. The number of benzene rings is 1. The molecule has 3 aromatic rings. The van der Waals surface area contributed by atoms with E-state index in [2.05, 4.69) is 35.9 Å². The average molecular weight is 395 g/mol. The fraction of sp³-hybridized carbons (Fsp3) is 0.478. The summed E-state index contributed by atoms with van der Waals surface area (Å²) in [5.41, 5.74) is 5.74. The summed E-state index contributed by atoms with van der Waals surface area (Å²) in [4.78, 5) is 22.7. The number of carbonyl (C=O) groups is 1. The summed E-state index contributed by atoms with van der Waals surface area (Å²) >= 11 is 0. The van der Waals surface area contributed by atoms with Gasteiger partial charge in [0.1, 0.15) is 11.9 Å². The van der Waals surface area contributed by atoms with E-state index in [1.165, 1.54) is 11.1 Å². The van der Waals surface area contributed by atoms with Crippen LogP contribution < -0.4 is 0 Å². The number of fused-ring (bicyclic) bond motifs is 1. The van der Waals surface area contributed by atoms with Crippen LogP contribution in [0.15, 0.2) is 24.5 Å². The highest BCUT2D eigenvalue weighted by Gasteiger charge is 2.30. The maximum atomic E-state index is 13.0. The molecule has 0 spiro atoms. The van der Waals surface area contributed by atoms with Gasteiger partial charge in [0.25, 0.3) is 0 Å². The summed E-state index contributed by atoms with van der Waals surface area (Å²) in [6.07, 6.45) is 5.00. The summed E-state index contributed by atoms with van der Waals surface area (Å²) in [6.45, 7) is 7.62. The van der Waals surface area contributed by atoms with Gasteiger partial charge in [0.05, 0.1) is 6.42 Å². The third-order valence-electron chi connectivity index (χ3n) is 6.36. The standard InChI is InChI=1S/C23H30N4O2/c1-14-11-15(2)21-19(12-14)18(16(3)25-21)13-20(28)27-8-5-17(6-9-27)22(29)23-24-7-10-26(23)4/h7,10-12,17,22,25,29H,5-6,8-9,13H2,1-4H3. The molecule has 1 aliphatic rings. The monoisotopic (exact) mass is 394 g/mol. The lowest BCUT2D eigenvalue weighted by atomic mass is 9.90. The van der Waals surface area contributed by atoms with Gasteiger partial charge in [0.15, 0.2) is 0 Å². The first-order chi connectivity index (χ1) is 13.8. The van der Waals surface area contributed by atoms with Crippen LogP contribution >= 0.6 is 0 Å². The molecule has 29 heavy (non-hydrogen) atoms. The number of likely N-dealkylation sites (tertiary alicyclic amines) is 1. The first-order valence-electron chi connectivity index (χ1n) is 10.4. The van der Waals surface area contributed by atoms with Crippen molar-refractivity contribution < 1.29 is 9.90 Å². The van der Waals surface area contributed by atoms with Crippen LogP contribution in [0.2, 0.25) is 0 Å². The lowest BCUT2D eigenvalue weighted by molar-refractivity contribution is -0.132. The van der Waals surface area contributed by atoms with Crippen molar-refractivity contribution in [2.45, 2.75) is 46.1 Å². The molecule has 1 amide bonds. The Balaban J connectivity index is 1.44. The van der Waals surface area contributed by atoms with Gasteiger partial charge in [-0.2, -0.15) is 0 Å². The van der Waals surface area contributed by atoms with Gasteiger partial charge in [-0.3, -0.25) is 4.79 Å². The van der Waals surface area contributed by atoms with E-state index in [0.717, 1.165) is 35.0 Å². The quantitative estimate of drug-likeness (QED) is 0.713. The lowest BCUT2D eigenvalue weighted by Crippen LogP contribution is -2.40. The summed E-state index contributed by atoms with van der Waals surface area (Å²) in [6, 6.07) is 4.34. The summed E-state index contributed by atoms with van der Waals surface area (Å²) in [5, 5.41) is 11.8. The first-order valence-corrected chi connectivity index (χ1v) is 10.4. The van der Waals surface area contributed by atoms with Gasteiger partial charge in [-0.1, -0.05) is 11.6 Å². The Kier molecular flexibility index (Phi) is 5.21. The fourth-order valence-electron chi connectivity index (χ4n) is 4.66. The minimum atomic E-state index is -0.575. The number of aryl methyl sites for hydroxylation is 4. The van der Waals surface area contributed by atoms with E-state index >= 15 is 0 Å². The van der Waals surface area contributed by atoms with Crippen LogP contribution in [0, 0.1) is 26.7 Å². The second-order valence-electron chi connectivity index (χ2n) is 8.47. The molecule has 154 valence electrons. The minimum Gasteiger partial charge on any atom is -0.385 e. The van der Waals surface area contributed by atoms with E-state index in [1.807, 2.05) is 29.6 Å². The van der Waals surface area contributed by atoms with Crippen molar-refractivity contribution in [2.24, 2.45) is 13.0 Å². The lowest BCUT2D eigenvalue weighted by Gasteiger charge is -2.34. The number of rotatable bonds is 4. The van der Waals surface area contributed by atoms with E-state index in [4.69, 9.17) is 0 Å². The van der Waals surface area contributed by atoms with Crippen LogP contribution in [0.25, 0.3) is 10.9 Å². The topological polar surface area (TPSA) is 74.2 Å². The third-order valence-corrected chi connectivity index (χ3v) is 6.36. The number of aromatic amines is 1. The molecule has 1 aromatic carbocycles. The smallest absolute Gasteiger partial charge is 0.227 e. The van der Waals surface area contributed by atoms with Crippen molar-refractivity contribution >= 4 is 16.8 Å². The second kappa shape index (κ2) is 7.67. The number of amides is 1. The predicted octanol–water partition coefficient (Wildman–Crippen LogP) is 3.34. The van der Waals surface area contributed by atoms with Crippen LogP contribution in [0.3, 0.4) is 0 Å². The van der Waals surface area contributed by atoms with Gasteiger partial charge < -0.3 is 19.6 Å². The highest BCUT2D eigenvalue weighted by atomic mass is 16.3. The van der Waals surface area contributed by atoms with E-state index in [0.29, 0.717) is 25.3 Å². The molecule has 1 saturated heterocycles. The van der Waals surface area contributed by atoms with Crippen molar-refractivity contribution in [3.8, 4) is 0 Å². The number of aromatic nitrogens is 3. The number of aliphatic hydroxyl groups is 1. The van der Waals surface area contributed by atoms with E-state index in [-0.39, 0.29) is 11.8 Å². The Labute approximate surface area is 171 Å². The van der Waals surface area contributed by atoms with Crippen molar-refractivity contribution in [2.75, 3.05) is 13.1 Å². The third kappa shape index (κ3) is 3.69. The number of H-pyrrole nitrogens is 1. The van der Waals surface area contributed by atoms with E-state index < -0.39 is 6.10 Å². The molecule has 2 aromatic heterocycles. The molecular weight excluding hydrogens is 364 g/mol. The van der Waals surface area contributed by atoms with Crippen LogP contribution in [0.5, 0.6) is 0 Å². The molecule has 6 nitrogen and oxygen atoms in total. The van der Waals surface area contributed by atoms with Crippen molar-refractivity contribution in [1.29, 1.82) is 0 Å². The average Bonchev–Trinajstić information content (AvgIpc) is 3.25. The second-order valence-corrected chi connectivity index (χ2v) is 8.47. The van der Waals surface area contributed by atoms with E-state index in [1.54, 1.807) is 6.20 Å². The van der Waals surface area contributed by atoms with Crippen LogP contribution in [-0.2, 0) is 18.3 Å². The number of nitrogens with one attached hydrogen (secondary N) is 1. The van der Waals surface area contributed by atoms with Gasteiger partial charge in [-0.15, -0.1) is 0 Å². The number of piperidine rings is 1. The van der Waals surface area contributed by atoms with Gasteiger partial charge in [-0.05, 0) is 56.7 Å². The molecule has 0 bridgehead atoms. The molecule has 2 N–H and O–H groups in total.